The number of ketones is 1. The summed E-state index contributed by atoms with van der Waals surface area (Å²) in [5.41, 5.74) is 2.39. The van der Waals surface area contributed by atoms with Gasteiger partial charge in [0.15, 0.2) is 5.78 Å². The molecule has 1 unspecified atom stereocenters. The third kappa shape index (κ3) is 3.38. The molecule has 2 amide bonds. The summed E-state index contributed by atoms with van der Waals surface area (Å²) in [6, 6.07) is 17.7. The molecule has 38 heavy (non-hydrogen) atoms. The standard InChI is InChI=1S/C29H25N3O6/c1-36-18-10-8-16(9-11-18)27(33)26-24-23(25-20-7-5-4-6-17(20)15-30-32(25)26)28(34)31(29(24)35)21-14-19(37-2)12-13-22(21)38-3/h4-15,23-26H,1-3H3/t23-,24+,25?,26-/m1/s1. The summed E-state index contributed by atoms with van der Waals surface area (Å²) in [4.78, 5) is 43.4. The van der Waals surface area contributed by atoms with Gasteiger partial charge in [-0.1, -0.05) is 24.3 Å². The highest BCUT2D eigenvalue weighted by molar-refractivity contribution is 6.25. The highest BCUT2D eigenvalue weighted by Crippen LogP contribution is 2.54. The van der Waals surface area contributed by atoms with E-state index in [4.69, 9.17) is 14.2 Å². The minimum absolute atomic E-state index is 0.283. The molecule has 9 heteroatoms. The number of nitrogens with zero attached hydrogens (tertiary/aromatic N) is 3. The largest absolute Gasteiger partial charge is 0.497 e. The maximum Gasteiger partial charge on any atom is 0.240 e. The number of benzene rings is 3. The number of anilines is 1. The first-order valence-electron chi connectivity index (χ1n) is 12.2. The second-order valence-electron chi connectivity index (χ2n) is 9.34. The van der Waals surface area contributed by atoms with Crippen LogP contribution in [-0.4, -0.2) is 56.2 Å². The lowest BCUT2D eigenvalue weighted by Crippen LogP contribution is -2.44. The van der Waals surface area contributed by atoms with Crippen molar-refractivity contribution < 1.29 is 28.6 Å². The first-order valence-corrected chi connectivity index (χ1v) is 12.2. The van der Waals surface area contributed by atoms with Crippen LogP contribution in [0.1, 0.15) is 27.5 Å². The van der Waals surface area contributed by atoms with Gasteiger partial charge in [-0.15, -0.1) is 0 Å². The molecular formula is C29H25N3O6. The molecule has 3 heterocycles. The van der Waals surface area contributed by atoms with Gasteiger partial charge in [0.25, 0.3) is 0 Å². The summed E-state index contributed by atoms with van der Waals surface area (Å²) in [6.45, 7) is 0. The van der Waals surface area contributed by atoms with Crippen LogP contribution in [0.3, 0.4) is 0 Å². The third-order valence-electron chi connectivity index (χ3n) is 7.56. The summed E-state index contributed by atoms with van der Waals surface area (Å²) >= 11 is 0. The van der Waals surface area contributed by atoms with Crippen molar-refractivity contribution in [1.29, 1.82) is 0 Å². The topological polar surface area (TPSA) is 97.7 Å². The molecule has 0 saturated carbocycles. The smallest absolute Gasteiger partial charge is 0.240 e. The Balaban J connectivity index is 1.49. The number of ether oxygens (including phenoxy) is 3. The Bertz CT molecular complexity index is 1480. The number of hydrogen-bond acceptors (Lipinski definition) is 8. The number of rotatable bonds is 6. The van der Waals surface area contributed by atoms with E-state index in [-0.39, 0.29) is 11.5 Å². The second kappa shape index (κ2) is 9.02. The van der Waals surface area contributed by atoms with Crippen LogP contribution in [0.4, 0.5) is 5.69 Å². The lowest BCUT2D eigenvalue weighted by Gasteiger charge is -2.34. The van der Waals surface area contributed by atoms with Gasteiger partial charge in [-0.25, -0.2) is 4.90 Å². The average Bonchev–Trinajstić information content (AvgIpc) is 3.44. The van der Waals surface area contributed by atoms with Crippen molar-refractivity contribution in [2.45, 2.75) is 12.1 Å². The van der Waals surface area contributed by atoms with E-state index < -0.39 is 35.7 Å². The van der Waals surface area contributed by atoms with Gasteiger partial charge >= 0.3 is 0 Å². The molecule has 9 nitrogen and oxygen atoms in total. The molecule has 3 aromatic carbocycles. The van der Waals surface area contributed by atoms with E-state index in [1.54, 1.807) is 60.8 Å². The maximum atomic E-state index is 14.1. The Morgan fingerprint density at radius 1 is 0.816 bits per heavy atom. The predicted molar refractivity (Wildman–Crippen MR) is 139 cm³/mol. The van der Waals surface area contributed by atoms with Crippen LogP contribution in [-0.2, 0) is 9.59 Å². The quantitative estimate of drug-likeness (QED) is 0.369. The zero-order valence-corrected chi connectivity index (χ0v) is 21.0. The molecule has 3 aromatic rings. The molecule has 6 rings (SSSR count). The van der Waals surface area contributed by atoms with Crippen molar-refractivity contribution in [2.75, 3.05) is 26.2 Å². The summed E-state index contributed by atoms with van der Waals surface area (Å²) < 4.78 is 16.1. The summed E-state index contributed by atoms with van der Waals surface area (Å²) in [6.07, 6.45) is 1.68. The number of hydrazone groups is 1. The first-order chi connectivity index (χ1) is 18.5. The van der Waals surface area contributed by atoms with Crippen LogP contribution in [0, 0.1) is 11.8 Å². The molecule has 2 fully saturated rings. The summed E-state index contributed by atoms with van der Waals surface area (Å²) in [5.74, 6) is -1.49. The Hall–Kier alpha value is -4.66. The number of Topliss-reactive ketones (excluding diaryl/α,β-unsaturated/α-hetero) is 1. The zero-order chi connectivity index (χ0) is 26.6. The van der Waals surface area contributed by atoms with Crippen LogP contribution in [0.15, 0.2) is 71.8 Å². The molecule has 2 saturated heterocycles. The molecule has 0 spiro atoms. The van der Waals surface area contributed by atoms with Crippen LogP contribution < -0.4 is 19.1 Å². The predicted octanol–water partition coefficient (Wildman–Crippen LogP) is 3.47. The minimum atomic E-state index is -0.971. The fraction of sp³-hybridized carbons (Fsp3) is 0.241. The van der Waals surface area contributed by atoms with Gasteiger partial charge in [-0.3, -0.25) is 19.4 Å². The molecule has 0 N–H and O–H groups in total. The van der Waals surface area contributed by atoms with E-state index >= 15 is 0 Å². The van der Waals surface area contributed by atoms with Crippen molar-refractivity contribution in [3.8, 4) is 17.2 Å². The molecular weight excluding hydrogens is 486 g/mol. The van der Waals surface area contributed by atoms with Crippen LogP contribution >= 0.6 is 0 Å². The van der Waals surface area contributed by atoms with Gasteiger partial charge in [0.2, 0.25) is 11.8 Å². The van der Waals surface area contributed by atoms with Crippen molar-refractivity contribution in [3.05, 3.63) is 83.4 Å². The van der Waals surface area contributed by atoms with Gasteiger partial charge in [-0.05, 0) is 47.5 Å². The van der Waals surface area contributed by atoms with Gasteiger partial charge in [0.1, 0.15) is 23.3 Å². The lowest BCUT2D eigenvalue weighted by atomic mass is 9.83. The number of amides is 2. The van der Waals surface area contributed by atoms with Gasteiger partial charge in [0, 0.05) is 11.6 Å². The van der Waals surface area contributed by atoms with Gasteiger partial charge < -0.3 is 14.2 Å². The Kier molecular flexibility index (Phi) is 5.63. The number of fused-ring (bicyclic) bond motifs is 5. The first kappa shape index (κ1) is 23.7. The zero-order valence-electron chi connectivity index (χ0n) is 21.0. The normalized spacial score (nSPS) is 23.1. The fourth-order valence-corrected chi connectivity index (χ4v) is 5.80. The molecule has 192 valence electrons. The summed E-state index contributed by atoms with van der Waals surface area (Å²) in [7, 11) is 4.53. The third-order valence-corrected chi connectivity index (χ3v) is 7.56. The number of methoxy groups -OCH3 is 3. The number of carbonyl (C=O) groups is 3. The fourth-order valence-electron chi connectivity index (χ4n) is 5.80. The molecule has 0 radical (unpaired) electrons. The van der Waals surface area contributed by atoms with Crippen LogP contribution in [0.2, 0.25) is 0 Å². The minimum Gasteiger partial charge on any atom is -0.497 e. The van der Waals surface area contributed by atoms with E-state index in [9.17, 15) is 14.4 Å². The SMILES string of the molecule is COc1ccc(C(=O)[C@H]2[C@H]3C(=O)N(c4cc(OC)ccc4OC)C(=O)[C@H]3C3c4ccccc4C=NN32)cc1. The Morgan fingerprint density at radius 2 is 1.50 bits per heavy atom. The van der Waals surface area contributed by atoms with Crippen LogP contribution in [0.5, 0.6) is 17.2 Å². The van der Waals surface area contributed by atoms with Crippen molar-refractivity contribution >= 4 is 29.5 Å². The number of imide groups is 1. The van der Waals surface area contributed by atoms with E-state index in [1.165, 1.54) is 14.2 Å². The Labute approximate surface area is 219 Å². The number of carbonyl (C=O) groups excluding carboxylic acids is 3. The van der Waals surface area contributed by atoms with Crippen molar-refractivity contribution in [2.24, 2.45) is 16.9 Å². The van der Waals surface area contributed by atoms with Gasteiger partial charge in [-0.2, -0.15) is 5.10 Å². The molecule has 3 aliphatic rings. The highest BCUT2D eigenvalue weighted by atomic mass is 16.5. The molecule has 0 aromatic heterocycles. The number of hydrogen-bond donors (Lipinski definition) is 0. The Morgan fingerprint density at radius 3 is 2.21 bits per heavy atom. The van der Waals surface area contributed by atoms with E-state index in [0.717, 1.165) is 16.0 Å². The van der Waals surface area contributed by atoms with E-state index in [1.807, 2.05) is 24.3 Å². The summed E-state index contributed by atoms with van der Waals surface area (Å²) in [5, 5.41) is 6.24. The van der Waals surface area contributed by atoms with Crippen molar-refractivity contribution in [3.63, 3.8) is 0 Å². The van der Waals surface area contributed by atoms with Crippen molar-refractivity contribution in [1.82, 2.24) is 5.01 Å². The molecule has 3 aliphatic heterocycles. The second-order valence-corrected chi connectivity index (χ2v) is 9.34. The van der Waals surface area contributed by atoms with E-state index in [0.29, 0.717) is 22.8 Å². The monoisotopic (exact) mass is 511 g/mol. The van der Waals surface area contributed by atoms with Gasteiger partial charge in [0.05, 0.1) is 51.1 Å². The maximum absolute atomic E-state index is 14.1. The lowest BCUT2D eigenvalue weighted by molar-refractivity contribution is -0.124. The molecule has 4 atom stereocenters. The van der Waals surface area contributed by atoms with Crippen LogP contribution in [0.25, 0.3) is 0 Å². The molecule has 0 aliphatic carbocycles. The molecule has 0 bridgehead atoms. The average molecular weight is 512 g/mol. The van der Waals surface area contributed by atoms with E-state index in [2.05, 4.69) is 5.10 Å². The highest BCUT2D eigenvalue weighted by Gasteiger charge is 2.65.